The van der Waals surface area contributed by atoms with E-state index in [2.05, 4.69) is 0 Å². The molecule has 1 aromatic carbocycles. The minimum absolute atomic E-state index is 0.0838. The van der Waals surface area contributed by atoms with Crippen LogP contribution in [0.5, 0.6) is 5.75 Å². The van der Waals surface area contributed by atoms with Crippen molar-refractivity contribution in [3.05, 3.63) is 28.8 Å². The fraction of sp³-hybridized carbons (Fsp3) is 0.571. The molecule has 2 N–H and O–H groups in total. The minimum atomic E-state index is 0.0838. The summed E-state index contributed by atoms with van der Waals surface area (Å²) in [4.78, 5) is 0. The highest BCUT2D eigenvalue weighted by Gasteiger charge is 2.19. The largest absolute Gasteiger partial charge is 0.496 e. The van der Waals surface area contributed by atoms with Gasteiger partial charge >= 0.3 is 0 Å². The van der Waals surface area contributed by atoms with Gasteiger partial charge in [0.2, 0.25) is 0 Å². The second-order valence-corrected chi connectivity index (χ2v) is 5.23. The zero-order chi connectivity index (χ0) is 13.0. The van der Waals surface area contributed by atoms with Crippen molar-refractivity contribution < 1.29 is 9.47 Å². The van der Waals surface area contributed by atoms with Crippen LogP contribution in [0, 0.1) is 0 Å². The van der Waals surface area contributed by atoms with Crippen LogP contribution in [-0.4, -0.2) is 25.9 Å². The predicted molar refractivity (Wildman–Crippen MR) is 73.3 cm³/mol. The maximum absolute atomic E-state index is 6.18. The molecule has 1 aromatic rings. The lowest BCUT2D eigenvalue weighted by Gasteiger charge is -2.17. The summed E-state index contributed by atoms with van der Waals surface area (Å²) in [7, 11) is 1.67. The van der Waals surface area contributed by atoms with Crippen LogP contribution >= 0.6 is 11.6 Å². The van der Waals surface area contributed by atoms with E-state index in [9.17, 15) is 0 Å². The van der Waals surface area contributed by atoms with E-state index in [0.717, 1.165) is 48.6 Å². The lowest BCUT2D eigenvalue weighted by Crippen LogP contribution is -2.28. The molecule has 18 heavy (non-hydrogen) atoms. The molecule has 0 radical (unpaired) electrons. The van der Waals surface area contributed by atoms with Crippen molar-refractivity contribution in [3.63, 3.8) is 0 Å². The summed E-state index contributed by atoms with van der Waals surface area (Å²) < 4.78 is 10.9. The van der Waals surface area contributed by atoms with Crippen LogP contribution in [-0.2, 0) is 11.2 Å². The van der Waals surface area contributed by atoms with E-state index in [1.165, 1.54) is 0 Å². The second-order valence-electron chi connectivity index (χ2n) is 4.79. The molecule has 2 atom stereocenters. The topological polar surface area (TPSA) is 44.5 Å². The molecule has 1 aliphatic rings. The van der Waals surface area contributed by atoms with Crippen LogP contribution in [0.2, 0.25) is 5.02 Å². The summed E-state index contributed by atoms with van der Waals surface area (Å²) in [6.45, 7) is 0.873. The van der Waals surface area contributed by atoms with Crippen molar-refractivity contribution in [2.75, 3.05) is 13.7 Å². The number of hydrogen-bond acceptors (Lipinski definition) is 3. The second kappa shape index (κ2) is 6.41. The van der Waals surface area contributed by atoms with Crippen LogP contribution < -0.4 is 10.5 Å². The molecule has 0 spiro atoms. The molecule has 4 heteroatoms. The van der Waals surface area contributed by atoms with Crippen LogP contribution in [0.3, 0.4) is 0 Å². The van der Waals surface area contributed by atoms with Gasteiger partial charge in [0.25, 0.3) is 0 Å². The quantitative estimate of drug-likeness (QED) is 0.894. The average molecular weight is 270 g/mol. The standard InChI is InChI=1S/C14H20ClNO2/c1-17-14-5-4-11(15)7-10(14)8-12(16)9-13-3-2-6-18-13/h4-5,7,12-13H,2-3,6,8-9,16H2,1H3. The number of benzene rings is 1. The smallest absolute Gasteiger partial charge is 0.122 e. The minimum Gasteiger partial charge on any atom is -0.496 e. The lowest BCUT2D eigenvalue weighted by atomic mass is 9.99. The summed E-state index contributed by atoms with van der Waals surface area (Å²) in [6.07, 6.45) is 4.27. The number of halogens is 1. The molecule has 0 aromatic heterocycles. The van der Waals surface area contributed by atoms with Gasteiger partial charge in [0.1, 0.15) is 5.75 Å². The first-order valence-electron chi connectivity index (χ1n) is 6.38. The number of nitrogens with two attached hydrogens (primary N) is 1. The highest BCUT2D eigenvalue weighted by molar-refractivity contribution is 6.30. The molecule has 1 heterocycles. The van der Waals surface area contributed by atoms with Crippen molar-refractivity contribution >= 4 is 11.6 Å². The Morgan fingerprint density at radius 2 is 2.39 bits per heavy atom. The van der Waals surface area contributed by atoms with Crippen molar-refractivity contribution in [2.24, 2.45) is 5.73 Å². The zero-order valence-corrected chi connectivity index (χ0v) is 11.5. The SMILES string of the molecule is COc1ccc(Cl)cc1CC(N)CC1CCCO1. The van der Waals surface area contributed by atoms with Crippen molar-refractivity contribution in [1.82, 2.24) is 0 Å². The van der Waals surface area contributed by atoms with E-state index in [4.69, 9.17) is 26.8 Å². The molecule has 0 aliphatic carbocycles. The molecule has 100 valence electrons. The van der Waals surface area contributed by atoms with E-state index in [1.54, 1.807) is 7.11 Å². The number of methoxy groups -OCH3 is 1. The Balaban J connectivity index is 1.96. The maximum Gasteiger partial charge on any atom is 0.122 e. The molecule has 0 amide bonds. The zero-order valence-electron chi connectivity index (χ0n) is 10.7. The van der Waals surface area contributed by atoms with Gasteiger partial charge in [-0.3, -0.25) is 0 Å². The van der Waals surface area contributed by atoms with Gasteiger partial charge in [-0.15, -0.1) is 0 Å². The Morgan fingerprint density at radius 1 is 1.56 bits per heavy atom. The first kappa shape index (κ1) is 13.7. The molecular formula is C14H20ClNO2. The molecule has 0 bridgehead atoms. The van der Waals surface area contributed by atoms with Gasteiger partial charge in [-0.2, -0.15) is 0 Å². The van der Waals surface area contributed by atoms with E-state index in [-0.39, 0.29) is 6.04 Å². The van der Waals surface area contributed by atoms with Crippen molar-refractivity contribution in [2.45, 2.75) is 37.8 Å². The Kier molecular flexibility index (Phi) is 4.87. The number of ether oxygens (including phenoxy) is 2. The Hall–Kier alpha value is -0.770. The van der Waals surface area contributed by atoms with Crippen molar-refractivity contribution in [3.8, 4) is 5.75 Å². The van der Waals surface area contributed by atoms with Crippen LogP contribution in [0.15, 0.2) is 18.2 Å². The van der Waals surface area contributed by atoms with E-state index >= 15 is 0 Å². The first-order chi connectivity index (χ1) is 8.69. The fourth-order valence-electron chi connectivity index (χ4n) is 2.44. The Labute approximate surface area is 113 Å². The fourth-order valence-corrected chi connectivity index (χ4v) is 2.64. The number of rotatable bonds is 5. The summed E-state index contributed by atoms with van der Waals surface area (Å²) in [5, 5.41) is 0.718. The van der Waals surface area contributed by atoms with Gasteiger partial charge in [0.15, 0.2) is 0 Å². The molecule has 0 saturated carbocycles. The normalized spacial score (nSPS) is 20.9. The molecule has 2 unspecified atom stereocenters. The number of hydrogen-bond donors (Lipinski definition) is 1. The first-order valence-corrected chi connectivity index (χ1v) is 6.76. The molecule has 2 rings (SSSR count). The van der Waals surface area contributed by atoms with Crippen LogP contribution in [0.1, 0.15) is 24.8 Å². The van der Waals surface area contributed by atoms with Crippen LogP contribution in [0.4, 0.5) is 0 Å². The summed E-state index contributed by atoms with van der Waals surface area (Å²) in [6, 6.07) is 5.72. The Morgan fingerprint density at radius 3 is 3.06 bits per heavy atom. The highest BCUT2D eigenvalue weighted by atomic mass is 35.5. The lowest BCUT2D eigenvalue weighted by molar-refractivity contribution is 0.0983. The van der Waals surface area contributed by atoms with Gasteiger partial charge in [-0.05, 0) is 49.4 Å². The van der Waals surface area contributed by atoms with Gasteiger partial charge in [0.05, 0.1) is 13.2 Å². The third-order valence-electron chi connectivity index (χ3n) is 3.31. The molecule has 1 fully saturated rings. The average Bonchev–Trinajstić information content (AvgIpc) is 2.82. The third-order valence-corrected chi connectivity index (χ3v) is 3.55. The van der Waals surface area contributed by atoms with Crippen molar-refractivity contribution in [1.29, 1.82) is 0 Å². The third kappa shape index (κ3) is 3.61. The Bertz CT molecular complexity index is 391. The monoisotopic (exact) mass is 269 g/mol. The molecule has 3 nitrogen and oxygen atoms in total. The van der Waals surface area contributed by atoms with Gasteiger partial charge < -0.3 is 15.2 Å². The molecular weight excluding hydrogens is 250 g/mol. The van der Waals surface area contributed by atoms with Gasteiger partial charge in [-0.1, -0.05) is 11.6 Å². The molecule has 1 aliphatic heterocycles. The predicted octanol–water partition coefficient (Wildman–Crippen LogP) is 2.79. The summed E-state index contributed by atoms with van der Waals surface area (Å²) in [5.41, 5.74) is 7.25. The summed E-state index contributed by atoms with van der Waals surface area (Å²) in [5.74, 6) is 0.849. The van der Waals surface area contributed by atoms with E-state index in [0.29, 0.717) is 6.10 Å². The van der Waals surface area contributed by atoms with E-state index < -0.39 is 0 Å². The highest BCUT2D eigenvalue weighted by Crippen LogP contribution is 2.25. The van der Waals surface area contributed by atoms with Gasteiger partial charge in [0, 0.05) is 17.7 Å². The van der Waals surface area contributed by atoms with Gasteiger partial charge in [-0.25, -0.2) is 0 Å². The summed E-state index contributed by atoms with van der Waals surface area (Å²) >= 11 is 6.01. The molecule has 1 saturated heterocycles. The maximum atomic E-state index is 6.18. The van der Waals surface area contributed by atoms with Crippen LogP contribution in [0.25, 0.3) is 0 Å². The van der Waals surface area contributed by atoms with E-state index in [1.807, 2.05) is 18.2 Å².